The van der Waals surface area contributed by atoms with Crippen molar-refractivity contribution in [2.75, 3.05) is 18.4 Å². The summed E-state index contributed by atoms with van der Waals surface area (Å²) in [6.07, 6.45) is 0. The number of hydrogen-bond acceptors (Lipinski definition) is 4. The van der Waals surface area contributed by atoms with Gasteiger partial charge in [0.25, 0.3) is 0 Å². The summed E-state index contributed by atoms with van der Waals surface area (Å²) in [6, 6.07) is 5.41. The molecule has 0 atom stereocenters. The number of nitrogens with zero attached hydrogens (tertiary/aromatic N) is 2. The normalized spacial score (nSPS) is 15.0. The lowest BCUT2D eigenvalue weighted by molar-refractivity contribution is 0.958. The van der Waals surface area contributed by atoms with E-state index < -0.39 is 0 Å². The average Bonchev–Trinajstić information content (AvgIpc) is 2.57. The average molecular weight is 197 g/mol. The van der Waals surface area contributed by atoms with E-state index in [0.717, 1.165) is 19.0 Å². The van der Waals surface area contributed by atoms with Gasteiger partial charge in [0.15, 0.2) is 5.96 Å². The fourth-order valence-corrected chi connectivity index (χ4v) is 1.24. The van der Waals surface area contributed by atoms with Gasteiger partial charge in [0, 0.05) is 6.54 Å². The molecular formula is C8H9ClN4. The van der Waals surface area contributed by atoms with E-state index in [9.17, 15) is 0 Å². The predicted octanol–water partition coefficient (Wildman–Crippen LogP) is 1.11. The van der Waals surface area contributed by atoms with Crippen molar-refractivity contribution < 1.29 is 0 Å². The Kier molecular flexibility index (Phi) is 2.31. The molecule has 4 nitrogen and oxygen atoms in total. The fourth-order valence-electron chi connectivity index (χ4n) is 1.08. The van der Waals surface area contributed by atoms with E-state index in [4.69, 9.17) is 11.6 Å². The van der Waals surface area contributed by atoms with Crippen LogP contribution in [-0.2, 0) is 0 Å². The molecule has 0 fully saturated rings. The molecule has 2 N–H and O–H groups in total. The SMILES string of the molecule is Clc1cccc(NC2=NCCN2)n1. The number of pyridine rings is 1. The number of hydrogen-bond donors (Lipinski definition) is 2. The molecule has 0 spiro atoms. The summed E-state index contributed by atoms with van der Waals surface area (Å²) in [6.45, 7) is 1.69. The number of aromatic nitrogens is 1. The molecule has 5 heteroatoms. The lowest BCUT2D eigenvalue weighted by Gasteiger charge is -2.04. The van der Waals surface area contributed by atoms with Crippen molar-refractivity contribution >= 4 is 23.4 Å². The Morgan fingerprint density at radius 2 is 2.38 bits per heavy atom. The van der Waals surface area contributed by atoms with Crippen molar-refractivity contribution in [1.29, 1.82) is 0 Å². The van der Waals surface area contributed by atoms with Gasteiger partial charge in [0.2, 0.25) is 0 Å². The molecule has 1 aromatic rings. The van der Waals surface area contributed by atoms with E-state index in [1.165, 1.54) is 0 Å². The van der Waals surface area contributed by atoms with Gasteiger partial charge < -0.3 is 10.6 Å². The van der Waals surface area contributed by atoms with Crippen LogP contribution in [-0.4, -0.2) is 24.0 Å². The molecule has 0 aromatic carbocycles. The van der Waals surface area contributed by atoms with E-state index in [1.54, 1.807) is 6.07 Å². The summed E-state index contributed by atoms with van der Waals surface area (Å²) in [7, 11) is 0. The maximum Gasteiger partial charge on any atom is 0.197 e. The molecule has 2 heterocycles. The third-order valence-electron chi connectivity index (χ3n) is 1.64. The molecule has 0 saturated heterocycles. The summed E-state index contributed by atoms with van der Waals surface area (Å²) >= 11 is 5.72. The van der Waals surface area contributed by atoms with Crippen LogP contribution in [0.15, 0.2) is 23.2 Å². The minimum absolute atomic E-state index is 0.476. The molecule has 0 radical (unpaired) electrons. The molecule has 1 aliphatic heterocycles. The van der Waals surface area contributed by atoms with Gasteiger partial charge >= 0.3 is 0 Å². The second-order valence-electron chi connectivity index (χ2n) is 2.63. The molecular weight excluding hydrogens is 188 g/mol. The first-order valence-electron chi connectivity index (χ1n) is 4.02. The van der Waals surface area contributed by atoms with Crippen LogP contribution in [0.2, 0.25) is 5.15 Å². The van der Waals surface area contributed by atoms with Crippen LogP contribution in [0.25, 0.3) is 0 Å². The van der Waals surface area contributed by atoms with Crippen LogP contribution in [0.5, 0.6) is 0 Å². The van der Waals surface area contributed by atoms with Crippen LogP contribution in [0.3, 0.4) is 0 Å². The number of nitrogens with one attached hydrogen (secondary N) is 2. The van der Waals surface area contributed by atoms with E-state index in [-0.39, 0.29) is 0 Å². The molecule has 1 aliphatic rings. The zero-order valence-corrected chi connectivity index (χ0v) is 7.67. The lowest BCUT2D eigenvalue weighted by atomic mass is 10.5. The second kappa shape index (κ2) is 3.62. The number of halogens is 1. The molecule has 68 valence electrons. The zero-order valence-electron chi connectivity index (χ0n) is 6.92. The predicted molar refractivity (Wildman–Crippen MR) is 53.2 cm³/mol. The second-order valence-corrected chi connectivity index (χ2v) is 3.01. The van der Waals surface area contributed by atoms with Crippen molar-refractivity contribution in [3.05, 3.63) is 23.4 Å². The summed E-state index contributed by atoms with van der Waals surface area (Å²) in [5, 5.41) is 6.58. The van der Waals surface area contributed by atoms with E-state index >= 15 is 0 Å². The van der Waals surface area contributed by atoms with Gasteiger partial charge in [-0.2, -0.15) is 0 Å². The summed E-state index contributed by atoms with van der Waals surface area (Å²) in [4.78, 5) is 8.24. The van der Waals surface area contributed by atoms with Gasteiger partial charge in [0.05, 0.1) is 6.54 Å². The van der Waals surface area contributed by atoms with Gasteiger partial charge in [-0.25, -0.2) is 4.98 Å². The smallest absolute Gasteiger partial charge is 0.197 e. The first-order valence-corrected chi connectivity index (χ1v) is 4.40. The van der Waals surface area contributed by atoms with Gasteiger partial charge in [-0.05, 0) is 12.1 Å². The highest BCUT2D eigenvalue weighted by Crippen LogP contribution is 2.08. The Bertz CT molecular complexity index is 337. The van der Waals surface area contributed by atoms with Crippen molar-refractivity contribution in [1.82, 2.24) is 10.3 Å². The molecule has 0 amide bonds. The Hall–Kier alpha value is -1.29. The van der Waals surface area contributed by atoms with Crippen molar-refractivity contribution in [2.45, 2.75) is 0 Å². The third kappa shape index (κ3) is 2.09. The number of aliphatic imine (C=N–C) groups is 1. The van der Waals surface area contributed by atoms with Crippen molar-refractivity contribution in [3.63, 3.8) is 0 Å². The summed E-state index contributed by atoms with van der Waals surface area (Å²) in [5.74, 6) is 1.47. The molecule has 0 unspecified atom stereocenters. The highest BCUT2D eigenvalue weighted by molar-refractivity contribution is 6.29. The van der Waals surface area contributed by atoms with Crippen LogP contribution < -0.4 is 10.6 Å². The van der Waals surface area contributed by atoms with Gasteiger partial charge in [-0.3, -0.25) is 4.99 Å². The quantitative estimate of drug-likeness (QED) is 0.662. The molecule has 0 bridgehead atoms. The standard InChI is InChI=1S/C8H9ClN4/c9-6-2-1-3-7(12-6)13-8-10-4-5-11-8/h1-3H,4-5H2,(H2,10,11,12,13). The van der Waals surface area contributed by atoms with Crippen molar-refractivity contribution in [2.24, 2.45) is 4.99 Å². The first-order chi connectivity index (χ1) is 6.34. The largest absolute Gasteiger partial charge is 0.354 e. The van der Waals surface area contributed by atoms with E-state index in [0.29, 0.717) is 11.0 Å². The Labute approximate surface area is 81.0 Å². The van der Waals surface area contributed by atoms with Crippen molar-refractivity contribution in [3.8, 4) is 0 Å². The molecule has 2 rings (SSSR count). The summed E-state index contributed by atoms with van der Waals surface area (Å²) in [5.41, 5.74) is 0. The van der Waals surface area contributed by atoms with E-state index in [1.807, 2.05) is 12.1 Å². The molecule has 1 aromatic heterocycles. The molecule has 13 heavy (non-hydrogen) atoms. The summed E-state index contributed by atoms with van der Waals surface area (Å²) < 4.78 is 0. The van der Waals surface area contributed by atoms with Crippen LogP contribution in [0.1, 0.15) is 0 Å². The highest BCUT2D eigenvalue weighted by Gasteiger charge is 2.04. The van der Waals surface area contributed by atoms with Gasteiger partial charge in [0.1, 0.15) is 11.0 Å². The first kappa shape index (κ1) is 8.31. The maximum atomic E-state index is 5.72. The Morgan fingerprint density at radius 3 is 3.08 bits per heavy atom. The van der Waals surface area contributed by atoms with Gasteiger partial charge in [-0.1, -0.05) is 17.7 Å². The van der Waals surface area contributed by atoms with Gasteiger partial charge in [-0.15, -0.1) is 0 Å². The minimum Gasteiger partial charge on any atom is -0.354 e. The fraction of sp³-hybridized carbons (Fsp3) is 0.250. The molecule has 0 saturated carbocycles. The van der Waals surface area contributed by atoms with Crippen LogP contribution in [0, 0.1) is 0 Å². The maximum absolute atomic E-state index is 5.72. The highest BCUT2D eigenvalue weighted by atomic mass is 35.5. The number of anilines is 1. The Balaban J connectivity index is 2.09. The monoisotopic (exact) mass is 196 g/mol. The minimum atomic E-state index is 0.476. The number of rotatable bonds is 1. The third-order valence-corrected chi connectivity index (χ3v) is 1.85. The topological polar surface area (TPSA) is 49.3 Å². The lowest BCUT2D eigenvalue weighted by Crippen LogP contribution is -2.26. The zero-order chi connectivity index (χ0) is 9.10. The van der Waals surface area contributed by atoms with E-state index in [2.05, 4.69) is 20.6 Å². The van der Waals surface area contributed by atoms with Crippen LogP contribution in [0.4, 0.5) is 5.82 Å². The molecule has 0 aliphatic carbocycles. The van der Waals surface area contributed by atoms with Crippen LogP contribution >= 0.6 is 11.6 Å². The Morgan fingerprint density at radius 1 is 1.46 bits per heavy atom. The number of guanidine groups is 1.